The summed E-state index contributed by atoms with van der Waals surface area (Å²) in [6.45, 7) is 3.51. The Labute approximate surface area is 224 Å². The summed E-state index contributed by atoms with van der Waals surface area (Å²) in [5.41, 5.74) is 2.30. The second kappa shape index (κ2) is 10.1. The molecule has 0 spiro atoms. The molecular weight excluding hydrogens is 465 g/mol. The summed E-state index contributed by atoms with van der Waals surface area (Å²) in [5.74, 6) is -2.20. The Morgan fingerprint density at radius 1 is 1.09 bits per heavy atom. The van der Waals surface area contributed by atoms with Crippen LogP contribution in [0.4, 0.5) is 17.1 Å². The fraction of sp³-hybridized carbons (Fsp3) is 0.348. The third-order valence-electron chi connectivity index (χ3n) is 5.74. The molecule has 0 radical (unpaired) electrons. The van der Waals surface area contributed by atoms with E-state index in [-0.39, 0.29) is 35.1 Å². The van der Waals surface area contributed by atoms with Crippen molar-refractivity contribution in [2.24, 2.45) is 10.2 Å². The number of nitrogens with one attached hydrogen (secondary N) is 1. The first kappa shape index (κ1) is 26.2. The van der Waals surface area contributed by atoms with Crippen molar-refractivity contribution in [2.75, 3.05) is 19.0 Å². The van der Waals surface area contributed by atoms with Crippen LogP contribution < -0.4 is 44.9 Å². The minimum Gasteiger partial charge on any atom is -0.548 e. The maximum Gasteiger partial charge on any atom is 1.00 e. The number of benzene rings is 2. The van der Waals surface area contributed by atoms with Crippen LogP contribution in [0.15, 0.2) is 58.8 Å². The largest absolute Gasteiger partial charge is 1.00 e. The number of carbonyl (C=O) groups is 3. The molecule has 11 heteroatoms. The number of nitrogens with zero attached hydrogens (tertiary/aromatic N) is 4. The van der Waals surface area contributed by atoms with Gasteiger partial charge >= 0.3 is 29.6 Å². The summed E-state index contributed by atoms with van der Waals surface area (Å²) in [4.78, 5) is 40.4. The van der Waals surface area contributed by atoms with Gasteiger partial charge in [-0.15, -0.1) is 16.9 Å². The molecule has 2 heterocycles. The van der Waals surface area contributed by atoms with Gasteiger partial charge in [0.25, 0.3) is 5.91 Å². The van der Waals surface area contributed by atoms with Crippen LogP contribution in [0.3, 0.4) is 0 Å². The smallest absolute Gasteiger partial charge is 0.548 e. The Kier molecular flexibility index (Phi) is 7.76. The van der Waals surface area contributed by atoms with Gasteiger partial charge in [-0.1, -0.05) is 12.1 Å². The van der Waals surface area contributed by atoms with Gasteiger partial charge in [0.2, 0.25) is 5.91 Å². The van der Waals surface area contributed by atoms with E-state index in [9.17, 15) is 19.5 Å². The van der Waals surface area contributed by atoms with Crippen LogP contribution in [-0.2, 0) is 9.59 Å². The number of aliphatic carboxylic acids is 1. The van der Waals surface area contributed by atoms with Crippen LogP contribution >= 0.6 is 11.8 Å². The maximum absolute atomic E-state index is 13.0. The fourth-order valence-electron chi connectivity index (χ4n) is 4.03. The summed E-state index contributed by atoms with van der Waals surface area (Å²) in [6, 6.07) is 12.4. The summed E-state index contributed by atoms with van der Waals surface area (Å²) in [6.07, 6.45) is 0. The van der Waals surface area contributed by atoms with Crippen LogP contribution in [0.2, 0.25) is 0 Å². The Morgan fingerprint density at radius 3 is 2.35 bits per heavy atom. The van der Waals surface area contributed by atoms with Crippen molar-refractivity contribution in [2.45, 2.75) is 36.1 Å². The van der Waals surface area contributed by atoms with Crippen molar-refractivity contribution in [3.05, 3.63) is 54.1 Å². The SMILES string of the molecule is CN(C)c1ccc(N=Nc2ccccc2C(=O)N[C@@H]2C(=O)N3C2SC(C)(C)C3C(=O)[O-])cc1.[Na+]. The van der Waals surface area contributed by atoms with E-state index >= 15 is 0 Å². The van der Waals surface area contributed by atoms with Gasteiger partial charge in [-0.25, -0.2) is 0 Å². The van der Waals surface area contributed by atoms with Crippen molar-refractivity contribution < 1.29 is 49.0 Å². The van der Waals surface area contributed by atoms with E-state index in [4.69, 9.17) is 0 Å². The summed E-state index contributed by atoms with van der Waals surface area (Å²) < 4.78 is -0.715. The van der Waals surface area contributed by atoms with Crippen LogP contribution in [-0.4, -0.2) is 59.0 Å². The van der Waals surface area contributed by atoms with E-state index in [1.54, 1.807) is 38.1 Å². The molecule has 2 fully saturated rings. The molecule has 0 bridgehead atoms. The van der Waals surface area contributed by atoms with Crippen molar-refractivity contribution in [1.82, 2.24) is 10.2 Å². The monoisotopic (exact) mass is 489 g/mol. The number of carbonyl (C=O) groups excluding carboxylic acids is 3. The molecule has 2 aliphatic heterocycles. The van der Waals surface area contributed by atoms with Gasteiger partial charge in [0, 0.05) is 24.5 Å². The number of carboxylic acids is 1. The average Bonchev–Trinajstić information content (AvgIpc) is 3.04. The van der Waals surface area contributed by atoms with E-state index in [1.165, 1.54) is 16.7 Å². The summed E-state index contributed by atoms with van der Waals surface area (Å²) >= 11 is 1.34. The Morgan fingerprint density at radius 2 is 1.74 bits per heavy atom. The van der Waals surface area contributed by atoms with Crippen molar-refractivity contribution in [1.29, 1.82) is 0 Å². The third kappa shape index (κ3) is 4.86. The van der Waals surface area contributed by atoms with Gasteiger partial charge in [0.05, 0.1) is 28.9 Å². The number of anilines is 1. The predicted molar refractivity (Wildman–Crippen MR) is 124 cm³/mol. The molecular formula is C23H24N5NaO4S. The first-order chi connectivity index (χ1) is 15.6. The summed E-state index contributed by atoms with van der Waals surface area (Å²) in [5, 5.41) is 22.3. The maximum atomic E-state index is 13.0. The second-order valence-electron chi connectivity index (χ2n) is 8.66. The molecule has 2 unspecified atom stereocenters. The molecule has 0 aromatic heterocycles. The molecule has 2 saturated heterocycles. The zero-order valence-electron chi connectivity index (χ0n) is 19.7. The van der Waals surface area contributed by atoms with E-state index in [2.05, 4.69) is 15.5 Å². The number of amides is 2. The molecule has 1 N–H and O–H groups in total. The van der Waals surface area contributed by atoms with Gasteiger partial charge in [0.15, 0.2) is 0 Å². The van der Waals surface area contributed by atoms with Gasteiger partial charge < -0.3 is 25.0 Å². The molecule has 2 aliphatic rings. The fourth-order valence-corrected chi connectivity index (χ4v) is 5.65. The van der Waals surface area contributed by atoms with E-state index in [1.807, 2.05) is 43.3 Å². The second-order valence-corrected chi connectivity index (χ2v) is 10.4. The zero-order valence-corrected chi connectivity index (χ0v) is 22.5. The van der Waals surface area contributed by atoms with Crippen molar-refractivity contribution in [3.63, 3.8) is 0 Å². The summed E-state index contributed by atoms with van der Waals surface area (Å²) in [7, 11) is 3.89. The topological polar surface area (TPSA) is 118 Å². The zero-order chi connectivity index (χ0) is 23.9. The predicted octanol–water partition coefficient (Wildman–Crippen LogP) is -0.917. The Bertz CT molecular complexity index is 1140. The van der Waals surface area contributed by atoms with Gasteiger partial charge in [-0.05, 0) is 50.2 Å². The molecule has 4 rings (SSSR count). The van der Waals surface area contributed by atoms with E-state index in [0.717, 1.165) is 5.69 Å². The van der Waals surface area contributed by atoms with Crippen molar-refractivity contribution in [3.8, 4) is 0 Å². The number of hydrogen-bond acceptors (Lipinski definition) is 8. The van der Waals surface area contributed by atoms with Crippen LogP contribution in [0, 0.1) is 0 Å². The molecule has 172 valence electrons. The first-order valence-electron chi connectivity index (χ1n) is 10.4. The Hall–Kier alpha value is -2.40. The minimum atomic E-state index is -1.29. The molecule has 2 amide bonds. The molecule has 2 aromatic rings. The number of fused-ring (bicyclic) bond motifs is 1. The molecule has 3 atom stereocenters. The number of β-lactam (4-membered cyclic amide) rings is 1. The standard InChI is InChI=1S/C23H25N5O4S.Na/c1-23(2)18(22(31)32)28-20(30)17(21(28)33-23)24-19(29)15-7-5-6-8-16(15)26-25-13-9-11-14(12-10-13)27(3)4;/h5-12,17-18,21H,1-4H3,(H,24,29)(H,31,32);/q;+1/p-1/t17-,18?,21?;/m1./s1. The number of rotatable bonds is 6. The number of hydrogen-bond donors (Lipinski definition) is 1. The van der Waals surface area contributed by atoms with Gasteiger partial charge in [-0.2, -0.15) is 5.11 Å². The Balaban J connectivity index is 0.00000324. The molecule has 2 aromatic carbocycles. The van der Waals surface area contributed by atoms with Crippen LogP contribution in [0.25, 0.3) is 0 Å². The average molecular weight is 490 g/mol. The van der Waals surface area contributed by atoms with Crippen LogP contribution in [0.5, 0.6) is 0 Å². The number of carboxylic acid groups (broad SMARTS) is 1. The van der Waals surface area contributed by atoms with Gasteiger partial charge in [-0.3, -0.25) is 9.59 Å². The number of thioether (sulfide) groups is 1. The molecule has 34 heavy (non-hydrogen) atoms. The quantitative estimate of drug-likeness (QED) is 0.319. The van der Waals surface area contributed by atoms with Crippen molar-refractivity contribution >= 4 is 46.6 Å². The normalized spacial score (nSPS) is 22.5. The first-order valence-corrected chi connectivity index (χ1v) is 11.3. The molecule has 0 aliphatic carbocycles. The van der Waals surface area contributed by atoms with E-state index in [0.29, 0.717) is 11.4 Å². The number of azo groups is 1. The molecule has 9 nitrogen and oxygen atoms in total. The minimum absolute atomic E-state index is 0. The van der Waals surface area contributed by atoms with Gasteiger partial charge in [0.1, 0.15) is 11.4 Å². The molecule has 0 saturated carbocycles. The van der Waals surface area contributed by atoms with E-state index < -0.39 is 40.0 Å². The van der Waals surface area contributed by atoms with Crippen LogP contribution in [0.1, 0.15) is 24.2 Å². The third-order valence-corrected chi connectivity index (χ3v) is 7.31.